The molecular weight excluding hydrogens is 350 g/mol. The van der Waals surface area contributed by atoms with Crippen molar-refractivity contribution in [3.63, 3.8) is 0 Å². The second kappa shape index (κ2) is 8.15. The lowest BCUT2D eigenvalue weighted by molar-refractivity contribution is -0.121. The molecule has 3 aromatic rings. The van der Waals surface area contributed by atoms with Gasteiger partial charge in [0.2, 0.25) is 5.91 Å². The van der Waals surface area contributed by atoms with E-state index >= 15 is 0 Å². The molecule has 1 aromatic heterocycles. The summed E-state index contributed by atoms with van der Waals surface area (Å²) in [6, 6.07) is 14.7. The maximum Gasteiger partial charge on any atom is 0.258 e. The minimum Gasteiger partial charge on any atom is -0.353 e. The van der Waals surface area contributed by atoms with Crippen LogP contribution in [0.1, 0.15) is 24.7 Å². The quantitative estimate of drug-likeness (QED) is 0.700. The number of aryl methyl sites for hydroxylation is 1. The van der Waals surface area contributed by atoms with E-state index in [1.54, 1.807) is 18.2 Å². The average molecular weight is 370 g/mol. The van der Waals surface area contributed by atoms with Gasteiger partial charge in [0.05, 0.1) is 10.9 Å². The highest BCUT2D eigenvalue weighted by Gasteiger charge is 2.11. The Kier molecular flexibility index (Phi) is 5.68. The topological polar surface area (TPSA) is 74.8 Å². The molecule has 0 spiro atoms. The molecule has 0 unspecified atom stereocenters. The Balaban J connectivity index is 1.57. The third-order valence-electron chi connectivity index (χ3n) is 4.14. The normalized spacial score (nSPS) is 12.1. The fourth-order valence-corrected chi connectivity index (χ4v) is 3.09. The Morgan fingerprint density at radius 3 is 2.73 bits per heavy atom. The number of aromatic nitrogens is 2. The highest BCUT2D eigenvalue weighted by atomic mass is 35.5. The molecule has 2 aromatic carbocycles. The monoisotopic (exact) mass is 369 g/mol. The maximum atomic E-state index is 12.2. The van der Waals surface area contributed by atoms with Crippen LogP contribution < -0.4 is 10.9 Å². The first-order valence-corrected chi connectivity index (χ1v) is 8.91. The van der Waals surface area contributed by atoms with Gasteiger partial charge in [-0.3, -0.25) is 9.59 Å². The molecule has 0 saturated carbocycles. The summed E-state index contributed by atoms with van der Waals surface area (Å²) in [5.41, 5.74) is 1.46. The van der Waals surface area contributed by atoms with Crippen molar-refractivity contribution in [3.8, 4) is 0 Å². The van der Waals surface area contributed by atoms with Gasteiger partial charge in [-0.15, -0.1) is 0 Å². The largest absolute Gasteiger partial charge is 0.353 e. The smallest absolute Gasteiger partial charge is 0.258 e. The van der Waals surface area contributed by atoms with Crippen LogP contribution in [0.15, 0.2) is 53.3 Å². The molecule has 0 aliphatic rings. The van der Waals surface area contributed by atoms with E-state index in [4.69, 9.17) is 11.6 Å². The third-order valence-corrected chi connectivity index (χ3v) is 4.51. The summed E-state index contributed by atoms with van der Waals surface area (Å²) < 4.78 is 0. The Labute approximate surface area is 156 Å². The molecule has 5 nitrogen and oxygen atoms in total. The van der Waals surface area contributed by atoms with Crippen molar-refractivity contribution >= 4 is 28.4 Å². The summed E-state index contributed by atoms with van der Waals surface area (Å²) in [6.07, 6.45) is 1.30. The molecular formula is C20H20ClN3O2. The van der Waals surface area contributed by atoms with Gasteiger partial charge in [-0.2, -0.15) is 0 Å². The molecule has 1 heterocycles. The average Bonchev–Trinajstić information content (AvgIpc) is 2.62. The highest BCUT2D eigenvalue weighted by molar-refractivity contribution is 6.31. The molecule has 0 aliphatic heterocycles. The van der Waals surface area contributed by atoms with Gasteiger partial charge < -0.3 is 10.3 Å². The predicted molar refractivity (Wildman–Crippen MR) is 103 cm³/mol. The fourth-order valence-electron chi connectivity index (χ4n) is 2.88. The number of aromatic amines is 1. The van der Waals surface area contributed by atoms with Crippen LogP contribution in [0, 0.1) is 0 Å². The minimum atomic E-state index is -0.182. The van der Waals surface area contributed by atoms with Crippen LogP contribution in [0.25, 0.3) is 10.9 Å². The minimum absolute atomic E-state index is 0.0361. The summed E-state index contributed by atoms with van der Waals surface area (Å²) in [5, 5.41) is 4.21. The van der Waals surface area contributed by atoms with Crippen LogP contribution in [0.4, 0.5) is 0 Å². The number of nitrogens with one attached hydrogen (secondary N) is 2. The Hall–Kier alpha value is -2.66. The fraction of sp³-hybridized carbons (Fsp3) is 0.250. The third kappa shape index (κ3) is 4.49. The SMILES string of the molecule is C[C@@H](Cc1ccccc1Cl)NC(=O)CCc1nc2ccccc2c(=O)[nH]1. The van der Waals surface area contributed by atoms with Crippen molar-refractivity contribution in [2.75, 3.05) is 0 Å². The number of rotatable bonds is 6. The van der Waals surface area contributed by atoms with Crippen molar-refractivity contribution in [3.05, 3.63) is 75.3 Å². The molecule has 6 heteroatoms. The number of carbonyl (C=O) groups is 1. The lowest BCUT2D eigenvalue weighted by Gasteiger charge is -2.14. The van der Waals surface area contributed by atoms with E-state index in [0.717, 1.165) is 5.56 Å². The molecule has 26 heavy (non-hydrogen) atoms. The van der Waals surface area contributed by atoms with E-state index in [-0.39, 0.29) is 23.9 Å². The van der Waals surface area contributed by atoms with Gasteiger partial charge in [0.25, 0.3) is 5.56 Å². The second-order valence-corrected chi connectivity index (χ2v) is 6.70. The van der Waals surface area contributed by atoms with E-state index < -0.39 is 0 Å². The van der Waals surface area contributed by atoms with E-state index in [1.807, 2.05) is 37.3 Å². The lowest BCUT2D eigenvalue weighted by atomic mass is 10.1. The van der Waals surface area contributed by atoms with Crippen LogP contribution in [-0.4, -0.2) is 21.9 Å². The molecule has 0 fully saturated rings. The van der Waals surface area contributed by atoms with Crippen molar-refractivity contribution in [2.24, 2.45) is 0 Å². The zero-order valence-corrected chi connectivity index (χ0v) is 15.2. The molecule has 0 radical (unpaired) electrons. The zero-order valence-electron chi connectivity index (χ0n) is 14.5. The van der Waals surface area contributed by atoms with E-state index in [1.165, 1.54) is 0 Å². The van der Waals surface area contributed by atoms with Crippen LogP contribution in [0.5, 0.6) is 0 Å². The maximum absolute atomic E-state index is 12.2. The predicted octanol–water partition coefficient (Wildman–Crippen LogP) is 3.26. The summed E-state index contributed by atoms with van der Waals surface area (Å²) in [7, 11) is 0. The summed E-state index contributed by atoms with van der Waals surface area (Å²) >= 11 is 6.15. The molecule has 134 valence electrons. The molecule has 0 aliphatic carbocycles. The van der Waals surface area contributed by atoms with Gasteiger partial charge in [-0.25, -0.2) is 4.98 Å². The number of H-pyrrole nitrogens is 1. The molecule has 3 rings (SSSR count). The number of hydrogen-bond donors (Lipinski definition) is 2. The van der Waals surface area contributed by atoms with Gasteiger partial charge in [-0.05, 0) is 37.1 Å². The van der Waals surface area contributed by atoms with Crippen molar-refractivity contribution in [1.29, 1.82) is 0 Å². The van der Waals surface area contributed by atoms with Gasteiger partial charge in [0.1, 0.15) is 5.82 Å². The standard InChI is InChI=1S/C20H20ClN3O2/c1-13(12-14-6-2-4-8-16(14)21)22-19(25)11-10-18-23-17-9-5-3-7-15(17)20(26)24-18/h2-9,13H,10-12H2,1H3,(H,22,25)(H,23,24,26)/t13-/m0/s1. The van der Waals surface area contributed by atoms with E-state index in [2.05, 4.69) is 15.3 Å². The molecule has 0 bridgehead atoms. The molecule has 1 atom stereocenters. The highest BCUT2D eigenvalue weighted by Crippen LogP contribution is 2.16. The first kappa shape index (κ1) is 18.1. The molecule has 2 N–H and O–H groups in total. The van der Waals surface area contributed by atoms with Gasteiger partial charge in [0.15, 0.2) is 0 Å². The zero-order chi connectivity index (χ0) is 18.5. The molecule has 1 amide bonds. The number of para-hydroxylation sites is 1. The van der Waals surface area contributed by atoms with Crippen molar-refractivity contribution < 1.29 is 4.79 Å². The number of hydrogen-bond acceptors (Lipinski definition) is 3. The number of amides is 1. The first-order valence-electron chi connectivity index (χ1n) is 8.53. The van der Waals surface area contributed by atoms with Crippen LogP contribution in [-0.2, 0) is 17.6 Å². The van der Waals surface area contributed by atoms with E-state index in [9.17, 15) is 9.59 Å². The lowest BCUT2D eigenvalue weighted by Crippen LogP contribution is -2.34. The van der Waals surface area contributed by atoms with E-state index in [0.29, 0.717) is 34.6 Å². The Bertz CT molecular complexity index is 984. The van der Waals surface area contributed by atoms with Crippen molar-refractivity contribution in [1.82, 2.24) is 15.3 Å². The number of fused-ring (bicyclic) bond motifs is 1. The summed E-state index contributed by atoms with van der Waals surface area (Å²) in [5.74, 6) is 0.433. The first-order chi connectivity index (χ1) is 12.5. The van der Waals surface area contributed by atoms with Gasteiger partial charge in [-0.1, -0.05) is 41.9 Å². The number of halogens is 1. The van der Waals surface area contributed by atoms with Crippen LogP contribution in [0.3, 0.4) is 0 Å². The Morgan fingerprint density at radius 1 is 1.19 bits per heavy atom. The second-order valence-electron chi connectivity index (χ2n) is 6.29. The summed E-state index contributed by atoms with van der Waals surface area (Å²) in [4.78, 5) is 31.4. The van der Waals surface area contributed by atoms with Crippen molar-refractivity contribution in [2.45, 2.75) is 32.2 Å². The van der Waals surface area contributed by atoms with Gasteiger partial charge >= 0.3 is 0 Å². The van der Waals surface area contributed by atoms with Gasteiger partial charge in [0, 0.05) is 23.9 Å². The number of benzene rings is 2. The van der Waals surface area contributed by atoms with Crippen LogP contribution in [0.2, 0.25) is 5.02 Å². The van der Waals surface area contributed by atoms with Crippen LogP contribution >= 0.6 is 11.6 Å². The summed E-state index contributed by atoms with van der Waals surface area (Å²) in [6.45, 7) is 1.94. The number of nitrogens with zero attached hydrogens (tertiary/aromatic N) is 1. The Morgan fingerprint density at radius 2 is 1.92 bits per heavy atom. The molecule has 0 saturated heterocycles. The number of carbonyl (C=O) groups excluding carboxylic acids is 1.